The Morgan fingerprint density at radius 1 is 1.33 bits per heavy atom. The fraction of sp³-hybridized carbons (Fsp3) is 0.938. The van der Waals surface area contributed by atoms with Crippen LogP contribution in [0.25, 0.3) is 0 Å². The summed E-state index contributed by atoms with van der Waals surface area (Å²) in [6.07, 6.45) is 3.80. The van der Waals surface area contributed by atoms with E-state index in [0.29, 0.717) is 12.5 Å². The van der Waals surface area contributed by atoms with Crippen LogP contribution in [-0.2, 0) is 9.53 Å². The molecule has 3 unspecified atom stereocenters. The molecular weight excluding hydrogens is 266 g/mol. The molecule has 0 aromatic carbocycles. The maximum absolute atomic E-state index is 12.5. The van der Waals surface area contributed by atoms with Crippen molar-refractivity contribution in [3.63, 3.8) is 0 Å². The van der Waals surface area contributed by atoms with Crippen molar-refractivity contribution in [3.05, 3.63) is 0 Å². The highest BCUT2D eigenvalue weighted by Crippen LogP contribution is 2.37. The highest BCUT2D eigenvalue weighted by atomic mass is 16.5. The maximum Gasteiger partial charge on any atom is 0.237 e. The third-order valence-corrected chi connectivity index (χ3v) is 5.59. The van der Waals surface area contributed by atoms with Crippen LogP contribution < -0.4 is 10.6 Å². The van der Waals surface area contributed by atoms with Crippen molar-refractivity contribution in [2.24, 2.45) is 11.8 Å². The van der Waals surface area contributed by atoms with E-state index in [4.69, 9.17) is 4.74 Å². The molecule has 1 aliphatic carbocycles. The topological polar surface area (TPSA) is 53.6 Å². The van der Waals surface area contributed by atoms with E-state index in [1.165, 1.54) is 19.3 Å². The molecule has 2 N–H and O–H groups in total. The Balaban J connectivity index is 1.50. The average Bonchev–Trinajstić information content (AvgIpc) is 3.08. The Morgan fingerprint density at radius 2 is 2.10 bits per heavy atom. The molecule has 2 saturated heterocycles. The van der Waals surface area contributed by atoms with Gasteiger partial charge in [-0.05, 0) is 45.1 Å². The first kappa shape index (κ1) is 15.3. The lowest BCUT2D eigenvalue weighted by atomic mass is 9.93. The van der Waals surface area contributed by atoms with Gasteiger partial charge in [-0.1, -0.05) is 6.42 Å². The third-order valence-electron chi connectivity index (χ3n) is 5.59. The normalized spacial score (nSPS) is 33.9. The summed E-state index contributed by atoms with van der Waals surface area (Å²) in [6, 6.07) is 0.0398. The predicted octanol–water partition coefficient (Wildman–Crippen LogP) is 0.602. The van der Waals surface area contributed by atoms with Gasteiger partial charge in [0.25, 0.3) is 0 Å². The van der Waals surface area contributed by atoms with Crippen LogP contribution in [0.3, 0.4) is 0 Å². The lowest BCUT2D eigenvalue weighted by Crippen LogP contribution is -2.57. The Kier molecular flexibility index (Phi) is 4.52. The molecule has 21 heavy (non-hydrogen) atoms. The minimum atomic E-state index is -0.00682. The molecule has 3 aliphatic rings. The van der Waals surface area contributed by atoms with Crippen LogP contribution in [0.15, 0.2) is 0 Å². The number of rotatable bonds is 4. The van der Waals surface area contributed by atoms with Crippen molar-refractivity contribution in [1.29, 1.82) is 0 Å². The molecule has 0 spiro atoms. The SMILES string of the molecule is CC(C)(CNC(=O)C1NCC2CCCC21)N1CCOCC1. The zero-order valence-electron chi connectivity index (χ0n) is 13.4. The van der Waals surface area contributed by atoms with E-state index in [9.17, 15) is 4.79 Å². The summed E-state index contributed by atoms with van der Waals surface area (Å²) in [5.41, 5.74) is -0.00682. The Morgan fingerprint density at radius 3 is 2.86 bits per heavy atom. The highest BCUT2D eigenvalue weighted by Gasteiger charge is 2.42. The fourth-order valence-corrected chi connectivity index (χ4v) is 4.17. The summed E-state index contributed by atoms with van der Waals surface area (Å²) in [6.45, 7) is 9.65. The first-order valence-corrected chi connectivity index (χ1v) is 8.42. The predicted molar refractivity (Wildman–Crippen MR) is 82.1 cm³/mol. The zero-order valence-corrected chi connectivity index (χ0v) is 13.4. The minimum Gasteiger partial charge on any atom is -0.379 e. The number of nitrogens with one attached hydrogen (secondary N) is 2. The van der Waals surface area contributed by atoms with Gasteiger partial charge < -0.3 is 15.4 Å². The monoisotopic (exact) mass is 295 g/mol. The summed E-state index contributed by atoms with van der Waals surface area (Å²) in [4.78, 5) is 14.9. The van der Waals surface area contributed by atoms with Crippen molar-refractivity contribution < 1.29 is 9.53 Å². The molecule has 2 heterocycles. The van der Waals surface area contributed by atoms with Gasteiger partial charge in [0.2, 0.25) is 5.91 Å². The third kappa shape index (κ3) is 3.25. The second-order valence-corrected chi connectivity index (χ2v) is 7.37. The molecule has 3 fully saturated rings. The summed E-state index contributed by atoms with van der Waals surface area (Å²) < 4.78 is 5.41. The number of fused-ring (bicyclic) bond motifs is 1. The largest absolute Gasteiger partial charge is 0.379 e. The number of amides is 1. The van der Waals surface area contributed by atoms with E-state index >= 15 is 0 Å². The van der Waals surface area contributed by atoms with E-state index in [2.05, 4.69) is 29.4 Å². The van der Waals surface area contributed by atoms with Gasteiger partial charge in [0.15, 0.2) is 0 Å². The number of carbonyl (C=O) groups is 1. The molecular formula is C16H29N3O2. The van der Waals surface area contributed by atoms with Crippen molar-refractivity contribution in [1.82, 2.24) is 15.5 Å². The molecule has 1 saturated carbocycles. The van der Waals surface area contributed by atoms with Crippen LogP contribution in [0.4, 0.5) is 0 Å². The van der Waals surface area contributed by atoms with E-state index in [1.54, 1.807) is 0 Å². The minimum absolute atomic E-state index is 0.00682. The van der Waals surface area contributed by atoms with Gasteiger partial charge >= 0.3 is 0 Å². The van der Waals surface area contributed by atoms with Gasteiger partial charge in [0.1, 0.15) is 0 Å². The molecule has 2 aliphatic heterocycles. The summed E-state index contributed by atoms with van der Waals surface area (Å²) >= 11 is 0. The smallest absolute Gasteiger partial charge is 0.237 e. The van der Waals surface area contributed by atoms with Crippen molar-refractivity contribution in [2.75, 3.05) is 39.4 Å². The van der Waals surface area contributed by atoms with Gasteiger partial charge in [-0.3, -0.25) is 9.69 Å². The van der Waals surface area contributed by atoms with E-state index in [-0.39, 0.29) is 17.5 Å². The molecule has 5 heteroatoms. The standard InChI is InChI=1S/C16H29N3O2/c1-16(2,19-6-8-21-9-7-19)11-18-15(20)14-13-5-3-4-12(13)10-17-14/h12-14,17H,3-11H2,1-2H3,(H,18,20). The molecule has 3 atom stereocenters. The number of hydrogen-bond acceptors (Lipinski definition) is 4. The quantitative estimate of drug-likeness (QED) is 0.797. The van der Waals surface area contributed by atoms with Crippen molar-refractivity contribution in [2.45, 2.75) is 44.7 Å². The molecule has 0 bridgehead atoms. The number of morpholine rings is 1. The lowest BCUT2D eigenvalue weighted by Gasteiger charge is -2.41. The van der Waals surface area contributed by atoms with Gasteiger partial charge in [0.05, 0.1) is 19.3 Å². The van der Waals surface area contributed by atoms with Crippen LogP contribution in [0.5, 0.6) is 0 Å². The molecule has 5 nitrogen and oxygen atoms in total. The molecule has 120 valence electrons. The summed E-state index contributed by atoms with van der Waals surface area (Å²) in [5, 5.41) is 6.62. The Labute approximate surface area is 127 Å². The number of ether oxygens (including phenoxy) is 1. The number of hydrogen-bond donors (Lipinski definition) is 2. The van der Waals surface area contributed by atoms with Gasteiger partial charge in [-0.2, -0.15) is 0 Å². The van der Waals surface area contributed by atoms with Crippen molar-refractivity contribution >= 4 is 5.91 Å². The van der Waals surface area contributed by atoms with Crippen LogP contribution in [-0.4, -0.2) is 61.8 Å². The maximum atomic E-state index is 12.5. The lowest BCUT2D eigenvalue weighted by molar-refractivity contribution is -0.124. The summed E-state index contributed by atoms with van der Waals surface area (Å²) in [5.74, 6) is 1.50. The average molecular weight is 295 g/mol. The molecule has 1 amide bonds. The van der Waals surface area contributed by atoms with E-state index in [1.807, 2.05) is 0 Å². The van der Waals surface area contributed by atoms with Gasteiger partial charge in [-0.15, -0.1) is 0 Å². The highest BCUT2D eigenvalue weighted by molar-refractivity contribution is 5.82. The van der Waals surface area contributed by atoms with E-state index < -0.39 is 0 Å². The van der Waals surface area contributed by atoms with Crippen LogP contribution in [0.2, 0.25) is 0 Å². The molecule has 3 rings (SSSR count). The van der Waals surface area contributed by atoms with Crippen LogP contribution in [0.1, 0.15) is 33.1 Å². The molecule has 0 aromatic heterocycles. The number of carbonyl (C=O) groups excluding carboxylic acids is 1. The van der Waals surface area contributed by atoms with Crippen LogP contribution in [0, 0.1) is 11.8 Å². The summed E-state index contributed by atoms with van der Waals surface area (Å²) in [7, 11) is 0. The van der Waals surface area contributed by atoms with Crippen molar-refractivity contribution in [3.8, 4) is 0 Å². The first-order chi connectivity index (χ1) is 10.1. The van der Waals surface area contributed by atoms with Gasteiger partial charge in [-0.25, -0.2) is 0 Å². The Bertz CT molecular complexity index is 380. The second kappa shape index (κ2) is 6.23. The first-order valence-electron chi connectivity index (χ1n) is 8.42. The molecule has 0 radical (unpaired) electrons. The molecule has 0 aromatic rings. The zero-order chi connectivity index (χ0) is 14.9. The fourth-order valence-electron chi connectivity index (χ4n) is 4.17. The Hall–Kier alpha value is -0.650. The number of nitrogens with zero attached hydrogens (tertiary/aromatic N) is 1. The van der Waals surface area contributed by atoms with Gasteiger partial charge in [0, 0.05) is 25.2 Å². The van der Waals surface area contributed by atoms with E-state index in [0.717, 1.165) is 38.8 Å². The second-order valence-electron chi connectivity index (χ2n) is 7.37. The van der Waals surface area contributed by atoms with Crippen LogP contribution >= 0.6 is 0 Å².